The molecule has 0 saturated heterocycles. The van der Waals surface area contributed by atoms with Crippen LogP contribution in [0.25, 0.3) is 6.08 Å². The number of halogens is 2. The lowest BCUT2D eigenvalue weighted by atomic mass is 10.2. The molecular formula is C17H14Br2N2O5. The number of amides is 2. The van der Waals surface area contributed by atoms with Crippen LogP contribution in [0.5, 0.6) is 0 Å². The number of carboxylic acids is 1. The minimum Gasteiger partial charge on any atom is -0.480 e. The summed E-state index contributed by atoms with van der Waals surface area (Å²) in [4.78, 5) is 35.6. The predicted molar refractivity (Wildman–Crippen MR) is 101 cm³/mol. The third-order valence-corrected chi connectivity index (χ3v) is 4.14. The molecule has 7 nitrogen and oxygen atoms in total. The first kappa shape index (κ1) is 19.9. The zero-order valence-electron chi connectivity index (χ0n) is 13.5. The molecule has 1 atom stereocenters. The van der Waals surface area contributed by atoms with Gasteiger partial charge in [0.2, 0.25) is 0 Å². The topological polar surface area (TPSA) is 109 Å². The first-order chi connectivity index (χ1) is 12.3. The third kappa shape index (κ3) is 5.57. The van der Waals surface area contributed by atoms with Gasteiger partial charge in [-0.2, -0.15) is 0 Å². The van der Waals surface area contributed by atoms with Gasteiger partial charge < -0.3 is 20.2 Å². The first-order valence-corrected chi connectivity index (χ1v) is 8.92. The number of aliphatic carboxylic acids is 1. The summed E-state index contributed by atoms with van der Waals surface area (Å²) in [5.74, 6) is -2.57. The summed E-state index contributed by atoms with van der Waals surface area (Å²) in [7, 11) is 0. The lowest BCUT2D eigenvalue weighted by Gasteiger charge is -2.13. The average Bonchev–Trinajstić information content (AvgIpc) is 3.02. The van der Waals surface area contributed by atoms with Crippen LogP contribution in [-0.2, 0) is 9.59 Å². The zero-order chi connectivity index (χ0) is 19.3. The molecular weight excluding hydrogens is 472 g/mol. The van der Waals surface area contributed by atoms with Gasteiger partial charge >= 0.3 is 5.97 Å². The Bertz CT molecular complexity index is 858. The summed E-state index contributed by atoms with van der Waals surface area (Å²) in [6, 6.07) is 8.86. The van der Waals surface area contributed by atoms with E-state index in [1.54, 1.807) is 30.3 Å². The van der Waals surface area contributed by atoms with E-state index >= 15 is 0 Å². The molecule has 0 saturated carbocycles. The minimum absolute atomic E-state index is 0.00216. The van der Waals surface area contributed by atoms with E-state index in [0.717, 1.165) is 4.47 Å². The highest BCUT2D eigenvalue weighted by Crippen LogP contribution is 2.16. The van der Waals surface area contributed by atoms with E-state index < -0.39 is 23.8 Å². The second-order valence-corrected chi connectivity index (χ2v) is 6.90. The molecule has 0 bridgehead atoms. The Morgan fingerprint density at radius 2 is 1.77 bits per heavy atom. The van der Waals surface area contributed by atoms with Crippen LogP contribution in [0.1, 0.15) is 23.0 Å². The van der Waals surface area contributed by atoms with Crippen LogP contribution in [0, 0.1) is 0 Å². The molecule has 2 amide bonds. The summed E-state index contributed by atoms with van der Waals surface area (Å²) in [5, 5.41) is 13.7. The van der Waals surface area contributed by atoms with E-state index in [-0.39, 0.29) is 11.5 Å². The maximum Gasteiger partial charge on any atom is 0.325 e. The molecule has 1 heterocycles. The monoisotopic (exact) mass is 484 g/mol. The van der Waals surface area contributed by atoms with Gasteiger partial charge in [0.25, 0.3) is 11.8 Å². The van der Waals surface area contributed by atoms with Crippen molar-refractivity contribution in [2.75, 3.05) is 0 Å². The van der Waals surface area contributed by atoms with E-state index in [4.69, 9.17) is 9.52 Å². The Morgan fingerprint density at radius 3 is 2.31 bits per heavy atom. The molecule has 1 aromatic carbocycles. The van der Waals surface area contributed by atoms with Crippen molar-refractivity contribution in [3.05, 3.63) is 62.6 Å². The SMILES string of the molecule is CC(NC(=O)/C(=C/c1ccc(Br)cc1)NC(=O)c1ccc(Br)o1)C(=O)O. The van der Waals surface area contributed by atoms with E-state index in [1.807, 2.05) is 0 Å². The van der Waals surface area contributed by atoms with Crippen LogP contribution in [0.2, 0.25) is 0 Å². The van der Waals surface area contributed by atoms with Crippen LogP contribution in [0.15, 0.2) is 55.7 Å². The summed E-state index contributed by atoms with van der Waals surface area (Å²) in [6.07, 6.45) is 1.44. The van der Waals surface area contributed by atoms with Crippen molar-refractivity contribution in [3.63, 3.8) is 0 Å². The smallest absolute Gasteiger partial charge is 0.325 e. The van der Waals surface area contributed by atoms with E-state index in [1.165, 1.54) is 19.1 Å². The Balaban J connectivity index is 2.28. The van der Waals surface area contributed by atoms with Gasteiger partial charge in [-0.15, -0.1) is 0 Å². The van der Waals surface area contributed by atoms with E-state index in [0.29, 0.717) is 10.2 Å². The second-order valence-electron chi connectivity index (χ2n) is 5.20. The maximum atomic E-state index is 12.4. The van der Waals surface area contributed by atoms with Gasteiger partial charge in [0.15, 0.2) is 10.4 Å². The predicted octanol–water partition coefficient (Wildman–Crippen LogP) is 3.16. The molecule has 1 unspecified atom stereocenters. The molecule has 0 spiro atoms. The molecule has 0 fully saturated rings. The number of benzene rings is 1. The zero-order valence-corrected chi connectivity index (χ0v) is 16.6. The molecule has 2 aromatic rings. The van der Waals surface area contributed by atoms with Crippen molar-refractivity contribution in [1.82, 2.24) is 10.6 Å². The lowest BCUT2D eigenvalue weighted by Crippen LogP contribution is -2.42. The quantitative estimate of drug-likeness (QED) is 0.544. The van der Waals surface area contributed by atoms with Gasteiger partial charge in [-0.25, -0.2) is 0 Å². The van der Waals surface area contributed by atoms with Crippen LogP contribution in [-0.4, -0.2) is 28.9 Å². The summed E-state index contributed by atoms with van der Waals surface area (Å²) in [6.45, 7) is 1.32. The molecule has 2 rings (SSSR count). The molecule has 1 aromatic heterocycles. The highest BCUT2D eigenvalue weighted by atomic mass is 79.9. The van der Waals surface area contributed by atoms with Gasteiger partial charge in [-0.05, 0) is 58.8 Å². The van der Waals surface area contributed by atoms with Gasteiger partial charge in [-0.3, -0.25) is 14.4 Å². The largest absolute Gasteiger partial charge is 0.480 e. The summed E-state index contributed by atoms with van der Waals surface area (Å²) >= 11 is 6.41. The average molecular weight is 486 g/mol. The van der Waals surface area contributed by atoms with E-state index in [2.05, 4.69) is 42.5 Å². The van der Waals surface area contributed by atoms with Gasteiger partial charge in [0.05, 0.1) is 0 Å². The fourth-order valence-corrected chi connectivity index (χ4v) is 2.41. The van der Waals surface area contributed by atoms with Crippen molar-refractivity contribution in [2.45, 2.75) is 13.0 Å². The molecule has 0 aliphatic rings. The van der Waals surface area contributed by atoms with Gasteiger partial charge in [0.1, 0.15) is 11.7 Å². The van der Waals surface area contributed by atoms with Crippen molar-refractivity contribution in [2.24, 2.45) is 0 Å². The maximum absolute atomic E-state index is 12.4. The van der Waals surface area contributed by atoms with Gasteiger partial charge in [-0.1, -0.05) is 28.1 Å². The van der Waals surface area contributed by atoms with Crippen molar-refractivity contribution in [3.8, 4) is 0 Å². The highest BCUT2D eigenvalue weighted by Gasteiger charge is 2.20. The second kappa shape index (κ2) is 8.81. The lowest BCUT2D eigenvalue weighted by molar-refractivity contribution is -0.140. The Labute approximate surface area is 165 Å². The van der Waals surface area contributed by atoms with Crippen LogP contribution in [0.4, 0.5) is 0 Å². The Morgan fingerprint density at radius 1 is 1.12 bits per heavy atom. The molecule has 136 valence electrons. The first-order valence-electron chi connectivity index (χ1n) is 7.34. The number of furan rings is 1. The summed E-state index contributed by atoms with van der Waals surface area (Å²) < 4.78 is 6.37. The molecule has 3 N–H and O–H groups in total. The van der Waals surface area contributed by atoms with Crippen molar-refractivity contribution >= 4 is 55.7 Å². The number of carboxylic acid groups (broad SMARTS) is 1. The van der Waals surface area contributed by atoms with Crippen LogP contribution < -0.4 is 10.6 Å². The molecule has 0 radical (unpaired) electrons. The van der Waals surface area contributed by atoms with Crippen molar-refractivity contribution in [1.29, 1.82) is 0 Å². The number of rotatable bonds is 6. The normalized spacial score (nSPS) is 12.3. The Kier molecular flexibility index (Phi) is 6.76. The van der Waals surface area contributed by atoms with Gasteiger partial charge in [0, 0.05) is 4.47 Å². The van der Waals surface area contributed by atoms with E-state index in [9.17, 15) is 14.4 Å². The minimum atomic E-state index is -1.19. The molecule has 0 aliphatic heterocycles. The molecule has 9 heteroatoms. The fraction of sp³-hybridized carbons (Fsp3) is 0.118. The third-order valence-electron chi connectivity index (χ3n) is 3.19. The van der Waals surface area contributed by atoms with Crippen LogP contribution in [0.3, 0.4) is 0 Å². The number of carbonyl (C=O) groups is 3. The van der Waals surface area contributed by atoms with Crippen molar-refractivity contribution < 1.29 is 23.9 Å². The Hall–Kier alpha value is -2.39. The number of hydrogen-bond acceptors (Lipinski definition) is 4. The number of nitrogens with one attached hydrogen (secondary N) is 2. The molecule has 0 aliphatic carbocycles. The summed E-state index contributed by atoms with van der Waals surface area (Å²) in [5.41, 5.74) is 0.528. The highest BCUT2D eigenvalue weighted by molar-refractivity contribution is 9.10. The number of hydrogen-bond donors (Lipinski definition) is 3. The fourth-order valence-electron chi connectivity index (χ4n) is 1.84. The standard InChI is InChI=1S/C17H14Br2N2O5/c1-9(17(24)25)20-15(22)12(8-10-2-4-11(18)5-3-10)21-16(23)13-6-7-14(19)26-13/h2-9H,1H3,(H,20,22)(H,21,23)(H,24,25)/b12-8-. The van der Waals surface area contributed by atoms with Crippen LogP contribution >= 0.6 is 31.9 Å². The molecule has 26 heavy (non-hydrogen) atoms. The number of carbonyl (C=O) groups excluding carboxylic acids is 2.